The van der Waals surface area contributed by atoms with Gasteiger partial charge in [-0.1, -0.05) is 11.6 Å². The molecule has 0 unspecified atom stereocenters. The highest BCUT2D eigenvalue weighted by Gasteiger charge is 2.41. The zero-order chi connectivity index (χ0) is 15.8. The van der Waals surface area contributed by atoms with Crippen LogP contribution in [0.3, 0.4) is 0 Å². The summed E-state index contributed by atoms with van der Waals surface area (Å²) in [5.74, 6) is -0.494. The number of thiophene rings is 1. The summed E-state index contributed by atoms with van der Waals surface area (Å²) in [7, 11) is -3.70. The zero-order valence-electron chi connectivity index (χ0n) is 12.1. The van der Waals surface area contributed by atoms with E-state index in [-0.39, 0.29) is 4.21 Å². The summed E-state index contributed by atoms with van der Waals surface area (Å²) in [5.41, 5.74) is -0.638. The van der Waals surface area contributed by atoms with E-state index < -0.39 is 27.6 Å². The molecule has 21 heavy (non-hydrogen) atoms. The molecular formula is C13H18ClNO4S2. The van der Waals surface area contributed by atoms with Gasteiger partial charge in [0.15, 0.2) is 0 Å². The summed E-state index contributed by atoms with van der Waals surface area (Å²) in [5, 5.41) is 0. The van der Waals surface area contributed by atoms with Crippen LogP contribution in [0.5, 0.6) is 0 Å². The Labute approximate surface area is 133 Å². The van der Waals surface area contributed by atoms with Crippen molar-refractivity contribution in [3.8, 4) is 0 Å². The second-order valence-electron chi connectivity index (χ2n) is 5.87. The number of carbonyl (C=O) groups is 1. The van der Waals surface area contributed by atoms with Crippen LogP contribution in [0.25, 0.3) is 0 Å². The fourth-order valence-electron chi connectivity index (χ4n) is 2.19. The van der Waals surface area contributed by atoms with Crippen LogP contribution in [-0.2, 0) is 19.6 Å². The van der Waals surface area contributed by atoms with Crippen molar-refractivity contribution >= 4 is 38.9 Å². The molecule has 0 aliphatic carbocycles. The molecule has 0 radical (unpaired) electrons. The lowest BCUT2D eigenvalue weighted by Crippen LogP contribution is -2.43. The number of esters is 1. The van der Waals surface area contributed by atoms with Crippen molar-refractivity contribution in [1.82, 2.24) is 4.31 Å². The van der Waals surface area contributed by atoms with Gasteiger partial charge in [-0.3, -0.25) is 4.79 Å². The fraction of sp³-hybridized carbons (Fsp3) is 0.615. The molecule has 0 N–H and O–H groups in total. The lowest BCUT2D eigenvalue weighted by atomic mass is 10.2. The van der Waals surface area contributed by atoms with Crippen molar-refractivity contribution in [2.45, 2.75) is 49.5 Å². The molecule has 0 saturated carbocycles. The van der Waals surface area contributed by atoms with Crippen LogP contribution >= 0.6 is 22.9 Å². The van der Waals surface area contributed by atoms with Crippen molar-refractivity contribution in [1.29, 1.82) is 0 Å². The van der Waals surface area contributed by atoms with Gasteiger partial charge < -0.3 is 4.74 Å². The molecule has 2 heterocycles. The van der Waals surface area contributed by atoms with E-state index in [1.54, 1.807) is 20.8 Å². The maximum Gasteiger partial charge on any atom is 0.324 e. The van der Waals surface area contributed by atoms with Gasteiger partial charge in [0.1, 0.15) is 15.9 Å². The molecule has 1 aliphatic heterocycles. The van der Waals surface area contributed by atoms with Crippen molar-refractivity contribution in [3.63, 3.8) is 0 Å². The SMILES string of the molecule is CC(C)(C)OC(=O)[C@@H]1CCCN1S(=O)(=O)c1ccc(Cl)s1. The van der Waals surface area contributed by atoms with Crippen LogP contribution in [0.1, 0.15) is 33.6 Å². The highest BCUT2D eigenvalue weighted by molar-refractivity contribution is 7.91. The Bertz CT molecular complexity index is 633. The molecule has 0 bridgehead atoms. The second kappa shape index (κ2) is 5.87. The van der Waals surface area contributed by atoms with Crippen LogP contribution in [0.15, 0.2) is 16.3 Å². The van der Waals surface area contributed by atoms with Gasteiger partial charge >= 0.3 is 5.97 Å². The van der Waals surface area contributed by atoms with Gasteiger partial charge in [-0.2, -0.15) is 4.31 Å². The number of hydrogen-bond donors (Lipinski definition) is 0. The molecule has 1 saturated heterocycles. The van der Waals surface area contributed by atoms with E-state index in [4.69, 9.17) is 16.3 Å². The first-order valence-electron chi connectivity index (χ1n) is 6.61. The maximum atomic E-state index is 12.6. The first-order valence-corrected chi connectivity index (χ1v) is 9.25. The number of hydrogen-bond acceptors (Lipinski definition) is 5. The Morgan fingerprint density at radius 2 is 2.10 bits per heavy atom. The summed E-state index contributed by atoms with van der Waals surface area (Å²) in [4.78, 5) is 12.2. The van der Waals surface area contributed by atoms with E-state index in [2.05, 4.69) is 0 Å². The van der Waals surface area contributed by atoms with Crippen LogP contribution in [-0.4, -0.2) is 36.9 Å². The molecule has 1 fully saturated rings. The van der Waals surface area contributed by atoms with Crippen LogP contribution in [0, 0.1) is 0 Å². The molecule has 8 heteroatoms. The Hall–Kier alpha value is -0.630. The summed E-state index contributed by atoms with van der Waals surface area (Å²) in [6.45, 7) is 5.61. The van der Waals surface area contributed by atoms with Gasteiger partial charge in [0.05, 0.1) is 4.34 Å². The highest BCUT2D eigenvalue weighted by Crippen LogP contribution is 2.32. The molecule has 0 amide bonds. The molecule has 1 atom stereocenters. The Morgan fingerprint density at radius 1 is 1.43 bits per heavy atom. The smallest absolute Gasteiger partial charge is 0.324 e. The zero-order valence-corrected chi connectivity index (χ0v) is 14.5. The number of ether oxygens (including phenoxy) is 1. The van der Waals surface area contributed by atoms with Crippen LogP contribution < -0.4 is 0 Å². The number of sulfonamides is 1. The first kappa shape index (κ1) is 16.7. The Kier molecular flexibility index (Phi) is 4.68. The normalized spacial score (nSPS) is 20.7. The molecule has 1 aromatic rings. The predicted molar refractivity (Wildman–Crippen MR) is 82.1 cm³/mol. The number of halogens is 1. The monoisotopic (exact) mass is 351 g/mol. The topological polar surface area (TPSA) is 63.7 Å². The van der Waals surface area contributed by atoms with Gasteiger partial charge in [-0.15, -0.1) is 11.3 Å². The van der Waals surface area contributed by atoms with Crippen LogP contribution in [0.4, 0.5) is 0 Å². The Balaban J connectivity index is 2.24. The molecule has 0 spiro atoms. The van der Waals surface area contributed by atoms with Crippen molar-refractivity contribution in [2.75, 3.05) is 6.54 Å². The van der Waals surface area contributed by atoms with E-state index >= 15 is 0 Å². The van der Waals surface area contributed by atoms with E-state index in [0.717, 1.165) is 11.3 Å². The predicted octanol–water partition coefficient (Wildman–Crippen LogP) is 2.90. The average Bonchev–Trinajstić information content (AvgIpc) is 2.94. The largest absolute Gasteiger partial charge is 0.459 e. The molecule has 1 aliphatic rings. The lowest BCUT2D eigenvalue weighted by Gasteiger charge is -2.26. The van der Waals surface area contributed by atoms with Gasteiger partial charge in [0.25, 0.3) is 10.0 Å². The summed E-state index contributed by atoms with van der Waals surface area (Å²) < 4.78 is 32.3. The third-order valence-electron chi connectivity index (χ3n) is 2.99. The van der Waals surface area contributed by atoms with E-state index in [0.29, 0.717) is 23.7 Å². The van der Waals surface area contributed by atoms with Crippen molar-refractivity contribution in [2.24, 2.45) is 0 Å². The number of rotatable bonds is 3. The van der Waals surface area contributed by atoms with E-state index in [1.165, 1.54) is 16.4 Å². The summed E-state index contributed by atoms with van der Waals surface area (Å²) in [6.07, 6.45) is 1.12. The number of nitrogens with zero attached hydrogens (tertiary/aromatic N) is 1. The molecular weight excluding hydrogens is 334 g/mol. The Morgan fingerprint density at radius 3 is 2.62 bits per heavy atom. The average molecular weight is 352 g/mol. The first-order chi connectivity index (χ1) is 9.61. The van der Waals surface area contributed by atoms with Gasteiger partial charge in [-0.25, -0.2) is 8.42 Å². The van der Waals surface area contributed by atoms with Gasteiger partial charge in [-0.05, 0) is 45.7 Å². The minimum atomic E-state index is -3.70. The summed E-state index contributed by atoms with van der Waals surface area (Å²) >= 11 is 6.80. The number of carbonyl (C=O) groups excluding carboxylic acids is 1. The quantitative estimate of drug-likeness (QED) is 0.785. The van der Waals surface area contributed by atoms with Gasteiger partial charge in [0.2, 0.25) is 0 Å². The summed E-state index contributed by atoms with van der Waals surface area (Å²) in [6, 6.07) is 2.25. The van der Waals surface area contributed by atoms with Crippen molar-refractivity contribution in [3.05, 3.63) is 16.5 Å². The molecule has 1 aromatic heterocycles. The fourth-order valence-corrected chi connectivity index (χ4v) is 5.44. The van der Waals surface area contributed by atoms with Gasteiger partial charge in [0, 0.05) is 6.54 Å². The molecule has 0 aromatic carbocycles. The maximum absolute atomic E-state index is 12.6. The third kappa shape index (κ3) is 3.77. The van der Waals surface area contributed by atoms with Crippen LogP contribution in [0.2, 0.25) is 4.34 Å². The highest BCUT2D eigenvalue weighted by atomic mass is 35.5. The van der Waals surface area contributed by atoms with Crippen molar-refractivity contribution < 1.29 is 17.9 Å². The third-order valence-corrected chi connectivity index (χ3v) is 6.60. The molecule has 118 valence electrons. The van der Waals surface area contributed by atoms with E-state index in [1.807, 2.05) is 0 Å². The minimum absolute atomic E-state index is 0.156. The standard InChI is InChI=1S/C13H18ClNO4S2/c1-13(2,3)19-12(16)9-5-4-8-15(9)21(17,18)11-7-6-10(14)20-11/h6-7,9H,4-5,8H2,1-3H3/t9-/m0/s1. The minimum Gasteiger partial charge on any atom is -0.459 e. The molecule has 5 nitrogen and oxygen atoms in total. The molecule has 2 rings (SSSR count). The second-order valence-corrected chi connectivity index (χ2v) is 9.70. The lowest BCUT2D eigenvalue weighted by molar-refractivity contribution is -0.158. The van der Waals surface area contributed by atoms with E-state index in [9.17, 15) is 13.2 Å².